The maximum atomic E-state index is 14.4. The number of hydrogen-bond acceptors (Lipinski definition) is 3. The molecule has 0 N–H and O–H groups in total. The second-order valence-corrected chi connectivity index (χ2v) is 10.8. The van der Waals surface area contributed by atoms with Crippen molar-refractivity contribution in [2.45, 2.75) is 43.4 Å². The van der Waals surface area contributed by atoms with Gasteiger partial charge in [-0.2, -0.15) is 5.26 Å². The fourth-order valence-electron chi connectivity index (χ4n) is 5.58. The third-order valence-electron chi connectivity index (χ3n) is 7.36. The number of fused-ring (bicyclic) bond motifs is 1. The predicted molar refractivity (Wildman–Crippen MR) is 147 cm³/mol. The van der Waals surface area contributed by atoms with Crippen LogP contribution in [0.5, 0.6) is 0 Å². The summed E-state index contributed by atoms with van der Waals surface area (Å²) < 4.78 is 29.7. The number of aromatic nitrogens is 1. The first kappa shape index (κ1) is 25.5. The highest BCUT2D eigenvalue weighted by Crippen LogP contribution is 2.40. The van der Waals surface area contributed by atoms with E-state index in [1.54, 1.807) is 23.9 Å². The standard InChI is InChI=1S/C31H31F2N3S/c1-2-29-31(23-14-17-35(18-15-23)16-3-19-37-27-11-6-24(32)7-12-27)28-13-8-25(33)20-30(28)36(29)26-9-4-22(21-34)5-10-26/h4-13,20,23H,2-3,14-19H2,1H3. The van der Waals surface area contributed by atoms with Gasteiger partial charge in [0.1, 0.15) is 11.6 Å². The SMILES string of the molecule is CCc1c(C2CCN(CCCSc3ccc(F)cc3)CC2)c2ccc(F)cc2n1-c1ccc(C#N)cc1. The first-order valence-corrected chi connectivity index (χ1v) is 14.0. The number of nitrogens with zero attached hydrogens (tertiary/aromatic N) is 3. The van der Waals surface area contributed by atoms with Crippen molar-refractivity contribution in [3.8, 4) is 11.8 Å². The summed E-state index contributed by atoms with van der Waals surface area (Å²) in [6.07, 6.45) is 4.13. The molecular formula is C31H31F2N3S. The predicted octanol–water partition coefficient (Wildman–Crippen LogP) is 7.70. The van der Waals surface area contributed by atoms with Crippen LogP contribution < -0.4 is 0 Å². The fourth-order valence-corrected chi connectivity index (χ4v) is 6.41. The summed E-state index contributed by atoms with van der Waals surface area (Å²) in [5, 5.41) is 10.3. The molecule has 1 fully saturated rings. The molecule has 0 amide bonds. The van der Waals surface area contributed by atoms with E-state index >= 15 is 0 Å². The smallest absolute Gasteiger partial charge is 0.125 e. The monoisotopic (exact) mass is 515 g/mol. The van der Waals surface area contributed by atoms with Crippen LogP contribution in [0.3, 0.4) is 0 Å². The summed E-state index contributed by atoms with van der Waals surface area (Å²) in [5.41, 5.74) is 5.08. The highest BCUT2D eigenvalue weighted by Gasteiger charge is 2.27. The Balaban J connectivity index is 1.30. The third-order valence-corrected chi connectivity index (χ3v) is 8.46. The van der Waals surface area contributed by atoms with Crippen LogP contribution in [0.4, 0.5) is 8.78 Å². The third kappa shape index (κ3) is 5.58. The van der Waals surface area contributed by atoms with Crippen molar-refractivity contribution < 1.29 is 8.78 Å². The second-order valence-electron chi connectivity index (χ2n) is 9.64. The molecule has 0 radical (unpaired) electrons. The van der Waals surface area contributed by atoms with E-state index in [9.17, 15) is 14.0 Å². The summed E-state index contributed by atoms with van der Waals surface area (Å²) in [4.78, 5) is 3.66. The first-order valence-electron chi connectivity index (χ1n) is 13.0. The van der Waals surface area contributed by atoms with Gasteiger partial charge in [-0.3, -0.25) is 0 Å². The Hall–Kier alpha value is -3.14. The molecule has 1 aliphatic rings. The molecule has 0 unspecified atom stereocenters. The quantitative estimate of drug-likeness (QED) is 0.178. The molecule has 0 aliphatic carbocycles. The van der Waals surface area contributed by atoms with E-state index in [0.29, 0.717) is 11.5 Å². The lowest BCUT2D eigenvalue weighted by Gasteiger charge is -2.32. The van der Waals surface area contributed by atoms with Crippen LogP contribution >= 0.6 is 11.8 Å². The minimum atomic E-state index is -0.234. The molecule has 2 heterocycles. The van der Waals surface area contributed by atoms with Crippen LogP contribution in [0.25, 0.3) is 16.6 Å². The molecule has 0 saturated carbocycles. The Bertz CT molecular complexity index is 1400. The Kier molecular flexibility index (Phi) is 7.93. The molecule has 6 heteroatoms. The number of hydrogen-bond donors (Lipinski definition) is 0. The maximum Gasteiger partial charge on any atom is 0.125 e. The number of nitriles is 1. The number of rotatable bonds is 8. The highest BCUT2D eigenvalue weighted by atomic mass is 32.2. The molecule has 37 heavy (non-hydrogen) atoms. The van der Waals surface area contributed by atoms with E-state index in [1.807, 2.05) is 42.5 Å². The van der Waals surface area contributed by atoms with Crippen molar-refractivity contribution in [3.05, 3.63) is 95.2 Å². The summed E-state index contributed by atoms with van der Waals surface area (Å²) in [5.74, 6) is 1.04. The molecule has 1 aliphatic heterocycles. The Labute approximate surface area is 221 Å². The van der Waals surface area contributed by atoms with Gasteiger partial charge in [-0.1, -0.05) is 6.92 Å². The number of thioether (sulfide) groups is 1. The fraction of sp³-hybridized carbons (Fsp3) is 0.323. The van der Waals surface area contributed by atoms with Gasteiger partial charge in [0.25, 0.3) is 0 Å². The van der Waals surface area contributed by atoms with E-state index in [4.69, 9.17) is 0 Å². The zero-order valence-corrected chi connectivity index (χ0v) is 21.9. The van der Waals surface area contributed by atoms with Crippen molar-refractivity contribution in [3.63, 3.8) is 0 Å². The Morgan fingerprint density at radius 2 is 1.65 bits per heavy atom. The normalized spacial score (nSPS) is 14.8. The van der Waals surface area contributed by atoms with Crippen LogP contribution in [-0.2, 0) is 6.42 Å². The Morgan fingerprint density at radius 1 is 0.946 bits per heavy atom. The minimum absolute atomic E-state index is 0.191. The van der Waals surface area contributed by atoms with Gasteiger partial charge < -0.3 is 9.47 Å². The minimum Gasteiger partial charge on any atom is -0.313 e. The average Bonchev–Trinajstić information content (AvgIpc) is 3.25. The summed E-state index contributed by atoms with van der Waals surface area (Å²) in [6, 6.07) is 21.6. The van der Waals surface area contributed by atoms with E-state index in [2.05, 4.69) is 22.5 Å². The lowest BCUT2D eigenvalue weighted by Crippen LogP contribution is -2.34. The average molecular weight is 516 g/mol. The van der Waals surface area contributed by atoms with Crippen LogP contribution in [-0.4, -0.2) is 34.9 Å². The van der Waals surface area contributed by atoms with Crippen molar-refractivity contribution in [2.24, 2.45) is 0 Å². The molecule has 3 aromatic carbocycles. The van der Waals surface area contributed by atoms with E-state index in [-0.39, 0.29) is 11.6 Å². The van der Waals surface area contributed by atoms with E-state index in [0.717, 1.165) is 72.6 Å². The molecule has 190 valence electrons. The van der Waals surface area contributed by atoms with Gasteiger partial charge in [-0.05, 0) is 129 Å². The van der Waals surface area contributed by atoms with Crippen LogP contribution in [0.15, 0.2) is 71.6 Å². The molecule has 0 bridgehead atoms. The zero-order chi connectivity index (χ0) is 25.8. The van der Waals surface area contributed by atoms with Gasteiger partial charge in [0.05, 0.1) is 17.1 Å². The number of halogens is 2. The van der Waals surface area contributed by atoms with Crippen molar-refractivity contribution in [1.29, 1.82) is 5.26 Å². The topological polar surface area (TPSA) is 32.0 Å². The van der Waals surface area contributed by atoms with Crippen molar-refractivity contribution >= 4 is 22.7 Å². The van der Waals surface area contributed by atoms with Gasteiger partial charge in [-0.15, -0.1) is 11.8 Å². The van der Waals surface area contributed by atoms with Gasteiger partial charge in [0, 0.05) is 21.7 Å². The molecule has 0 spiro atoms. The largest absolute Gasteiger partial charge is 0.313 e. The summed E-state index contributed by atoms with van der Waals surface area (Å²) >= 11 is 1.78. The number of piperidine rings is 1. The second kappa shape index (κ2) is 11.5. The van der Waals surface area contributed by atoms with Gasteiger partial charge in [0.2, 0.25) is 0 Å². The lowest BCUT2D eigenvalue weighted by molar-refractivity contribution is 0.213. The zero-order valence-electron chi connectivity index (χ0n) is 21.1. The van der Waals surface area contributed by atoms with Crippen LogP contribution in [0.2, 0.25) is 0 Å². The lowest BCUT2D eigenvalue weighted by atomic mass is 9.87. The molecule has 3 nitrogen and oxygen atoms in total. The number of likely N-dealkylation sites (tertiary alicyclic amines) is 1. The first-order chi connectivity index (χ1) is 18.1. The molecule has 5 rings (SSSR count). The molecule has 0 atom stereocenters. The van der Waals surface area contributed by atoms with Gasteiger partial charge in [0.15, 0.2) is 0 Å². The van der Waals surface area contributed by atoms with Gasteiger partial charge >= 0.3 is 0 Å². The van der Waals surface area contributed by atoms with Crippen LogP contribution in [0, 0.1) is 23.0 Å². The molecule has 1 aromatic heterocycles. The summed E-state index contributed by atoms with van der Waals surface area (Å²) in [6.45, 7) is 5.35. The maximum absolute atomic E-state index is 14.4. The van der Waals surface area contributed by atoms with Crippen molar-refractivity contribution in [1.82, 2.24) is 9.47 Å². The molecular weight excluding hydrogens is 484 g/mol. The molecule has 4 aromatic rings. The van der Waals surface area contributed by atoms with Crippen LogP contribution in [0.1, 0.15) is 48.9 Å². The van der Waals surface area contributed by atoms with Crippen molar-refractivity contribution in [2.75, 3.05) is 25.4 Å². The molecule has 1 saturated heterocycles. The summed E-state index contributed by atoms with van der Waals surface area (Å²) in [7, 11) is 0. The van der Waals surface area contributed by atoms with E-state index < -0.39 is 0 Å². The number of benzene rings is 3. The van der Waals surface area contributed by atoms with Gasteiger partial charge in [-0.25, -0.2) is 8.78 Å². The highest BCUT2D eigenvalue weighted by molar-refractivity contribution is 7.99. The Morgan fingerprint density at radius 3 is 2.32 bits per heavy atom. The van der Waals surface area contributed by atoms with E-state index in [1.165, 1.54) is 23.4 Å².